The summed E-state index contributed by atoms with van der Waals surface area (Å²) < 4.78 is 7.15. The lowest BCUT2D eigenvalue weighted by Gasteiger charge is -2.08. The molecule has 3 rings (SSSR count). The molecule has 0 fully saturated rings. The zero-order chi connectivity index (χ0) is 20.5. The first kappa shape index (κ1) is 20.7. The Morgan fingerprint density at radius 3 is 2.76 bits per heavy atom. The maximum Gasteiger partial charge on any atom is 0.220 e. The zero-order valence-corrected chi connectivity index (χ0v) is 17.0. The van der Waals surface area contributed by atoms with Gasteiger partial charge >= 0.3 is 0 Å². The normalized spacial score (nSPS) is 11.1. The van der Waals surface area contributed by atoms with Crippen LogP contribution in [0.1, 0.15) is 38.1 Å². The van der Waals surface area contributed by atoms with E-state index >= 15 is 0 Å². The molecule has 2 heterocycles. The second kappa shape index (κ2) is 10.5. The number of nitrogens with one attached hydrogen (secondary N) is 2. The van der Waals surface area contributed by atoms with E-state index in [1.165, 1.54) is 5.56 Å². The number of aromatic nitrogens is 4. The largest absolute Gasteiger partial charge is 0.379 e. The first-order chi connectivity index (χ1) is 14.1. The van der Waals surface area contributed by atoms with E-state index in [0.717, 1.165) is 12.2 Å². The van der Waals surface area contributed by atoms with E-state index in [9.17, 15) is 4.79 Å². The second-order valence-electron chi connectivity index (χ2n) is 7.07. The van der Waals surface area contributed by atoms with Crippen molar-refractivity contribution in [1.82, 2.24) is 25.1 Å². The van der Waals surface area contributed by atoms with Gasteiger partial charge in [0.25, 0.3) is 0 Å². The van der Waals surface area contributed by atoms with Crippen LogP contribution in [0.3, 0.4) is 0 Å². The first-order valence-electron chi connectivity index (χ1n) is 9.99. The van der Waals surface area contributed by atoms with Crippen molar-refractivity contribution >= 4 is 17.4 Å². The van der Waals surface area contributed by atoms with Crippen LogP contribution < -0.4 is 10.6 Å². The lowest BCUT2D eigenvalue weighted by molar-refractivity contribution is -0.121. The summed E-state index contributed by atoms with van der Waals surface area (Å²) in [5.41, 5.74) is 1.84. The van der Waals surface area contributed by atoms with Gasteiger partial charge in [-0.3, -0.25) is 4.79 Å². The Morgan fingerprint density at radius 1 is 1.14 bits per heavy atom. The van der Waals surface area contributed by atoms with Gasteiger partial charge < -0.3 is 15.4 Å². The maximum absolute atomic E-state index is 12.1. The topological polar surface area (TPSA) is 93.4 Å². The molecule has 0 bridgehead atoms. The van der Waals surface area contributed by atoms with Crippen LogP contribution in [0.4, 0.5) is 5.82 Å². The number of nitrogens with zero attached hydrogens (tertiary/aromatic N) is 4. The number of amides is 1. The summed E-state index contributed by atoms with van der Waals surface area (Å²) in [6, 6.07) is 13.9. The highest BCUT2D eigenvalue weighted by molar-refractivity contribution is 5.76. The summed E-state index contributed by atoms with van der Waals surface area (Å²) in [7, 11) is 0. The molecule has 8 nitrogen and oxygen atoms in total. The van der Waals surface area contributed by atoms with Crippen molar-refractivity contribution in [2.24, 2.45) is 0 Å². The molecule has 2 aromatic heterocycles. The molecule has 2 N–H and O–H groups in total. The van der Waals surface area contributed by atoms with Crippen LogP contribution in [0.5, 0.6) is 0 Å². The quantitative estimate of drug-likeness (QED) is 0.484. The van der Waals surface area contributed by atoms with Gasteiger partial charge in [0.1, 0.15) is 5.82 Å². The molecule has 0 spiro atoms. The molecule has 0 atom stereocenters. The Hall–Kier alpha value is -3.00. The summed E-state index contributed by atoms with van der Waals surface area (Å²) in [6.45, 7) is 5.93. The van der Waals surface area contributed by atoms with E-state index in [1.807, 2.05) is 44.2 Å². The third-order valence-corrected chi connectivity index (χ3v) is 4.31. The zero-order valence-electron chi connectivity index (χ0n) is 17.0. The van der Waals surface area contributed by atoms with Crippen molar-refractivity contribution in [2.45, 2.75) is 45.8 Å². The number of rotatable bonds is 11. The molecule has 29 heavy (non-hydrogen) atoms. The van der Waals surface area contributed by atoms with Gasteiger partial charge in [0.15, 0.2) is 11.5 Å². The van der Waals surface area contributed by atoms with Crippen molar-refractivity contribution < 1.29 is 9.53 Å². The number of anilines is 1. The molecule has 0 aliphatic rings. The lowest BCUT2D eigenvalue weighted by atomic mass is 10.2. The van der Waals surface area contributed by atoms with Crippen LogP contribution in [0.25, 0.3) is 5.65 Å². The van der Waals surface area contributed by atoms with Gasteiger partial charge in [-0.25, -0.2) is 0 Å². The fourth-order valence-electron chi connectivity index (χ4n) is 2.80. The van der Waals surface area contributed by atoms with Gasteiger partial charge in [0, 0.05) is 32.5 Å². The SMILES string of the molecule is CC(C)OCCCNC(=O)CCc1nnc2ccc(NCc3ccccc3)nn12. The molecule has 0 radical (unpaired) electrons. The molecule has 0 aliphatic carbocycles. The van der Waals surface area contributed by atoms with E-state index in [0.29, 0.717) is 44.0 Å². The van der Waals surface area contributed by atoms with Gasteiger partial charge in [-0.05, 0) is 38.0 Å². The Kier molecular flexibility index (Phi) is 7.52. The third-order valence-electron chi connectivity index (χ3n) is 4.31. The van der Waals surface area contributed by atoms with Crippen molar-refractivity contribution in [3.05, 3.63) is 53.9 Å². The monoisotopic (exact) mass is 396 g/mol. The molecule has 1 amide bonds. The highest BCUT2D eigenvalue weighted by Gasteiger charge is 2.10. The predicted octanol–water partition coefficient (Wildman–Crippen LogP) is 2.60. The molecule has 0 unspecified atom stereocenters. The molecular weight excluding hydrogens is 368 g/mol. The van der Waals surface area contributed by atoms with Gasteiger partial charge in [0.05, 0.1) is 6.10 Å². The van der Waals surface area contributed by atoms with Crippen LogP contribution >= 0.6 is 0 Å². The average molecular weight is 396 g/mol. The molecule has 154 valence electrons. The first-order valence-corrected chi connectivity index (χ1v) is 9.99. The van der Waals surface area contributed by atoms with E-state index in [4.69, 9.17) is 4.74 Å². The molecule has 0 saturated heterocycles. The van der Waals surface area contributed by atoms with Crippen LogP contribution in [0.2, 0.25) is 0 Å². The number of fused-ring (bicyclic) bond motifs is 1. The van der Waals surface area contributed by atoms with E-state index in [-0.39, 0.29) is 12.0 Å². The second-order valence-corrected chi connectivity index (χ2v) is 7.07. The predicted molar refractivity (Wildman–Crippen MR) is 112 cm³/mol. The number of benzene rings is 1. The van der Waals surface area contributed by atoms with Gasteiger partial charge in [-0.2, -0.15) is 4.52 Å². The minimum absolute atomic E-state index is 0.00958. The fraction of sp³-hybridized carbons (Fsp3) is 0.429. The minimum atomic E-state index is -0.00958. The van der Waals surface area contributed by atoms with E-state index < -0.39 is 0 Å². The summed E-state index contributed by atoms with van der Waals surface area (Å²) in [5, 5.41) is 19.1. The van der Waals surface area contributed by atoms with Gasteiger partial charge in [-0.15, -0.1) is 15.3 Å². The Balaban J connectivity index is 1.50. The smallest absolute Gasteiger partial charge is 0.220 e. The average Bonchev–Trinajstić information content (AvgIpc) is 3.13. The molecule has 3 aromatic rings. The Morgan fingerprint density at radius 2 is 1.97 bits per heavy atom. The summed E-state index contributed by atoms with van der Waals surface area (Å²) in [6.07, 6.45) is 1.83. The number of carbonyl (C=O) groups is 1. The van der Waals surface area contributed by atoms with Gasteiger partial charge in [0.2, 0.25) is 5.91 Å². The Labute approximate surface area is 170 Å². The van der Waals surface area contributed by atoms with Crippen LogP contribution in [-0.4, -0.2) is 45.0 Å². The fourth-order valence-corrected chi connectivity index (χ4v) is 2.80. The number of hydrogen-bond donors (Lipinski definition) is 2. The van der Waals surface area contributed by atoms with Crippen molar-refractivity contribution in [3.8, 4) is 0 Å². The molecule has 0 saturated carbocycles. The molecule has 0 aliphatic heterocycles. The summed E-state index contributed by atoms with van der Waals surface area (Å²) >= 11 is 0. The van der Waals surface area contributed by atoms with Crippen molar-refractivity contribution in [1.29, 1.82) is 0 Å². The summed E-state index contributed by atoms with van der Waals surface area (Å²) in [5.74, 6) is 1.39. The van der Waals surface area contributed by atoms with Crippen molar-refractivity contribution in [3.63, 3.8) is 0 Å². The van der Waals surface area contributed by atoms with Crippen LogP contribution in [0, 0.1) is 0 Å². The highest BCUT2D eigenvalue weighted by Crippen LogP contribution is 2.10. The Bertz CT molecular complexity index is 910. The van der Waals surface area contributed by atoms with Crippen LogP contribution in [-0.2, 0) is 22.5 Å². The number of carbonyl (C=O) groups excluding carboxylic acids is 1. The van der Waals surface area contributed by atoms with E-state index in [2.05, 4.69) is 38.1 Å². The number of hydrogen-bond acceptors (Lipinski definition) is 6. The minimum Gasteiger partial charge on any atom is -0.379 e. The van der Waals surface area contributed by atoms with Crippen LogP contribution in [0.15, 0.2) is 42.5 Å². The summed E-state index contributed by atoms with van der Waals surface area (Å²) in [4.78, 5) is 12.1. The molecular formula is C21H28N6O2. The van der Waals surface area contributed by atoms with E-state index in [1.54, 1.807) is 4.52 Å². The lowest BCUT2D eigenvalue weighted by Crippen LogP contribution is -2.26. The third kappa shape index (κ3) is 6.53. The van der Waals surface area contributed by atoms with Gasteiger partial charge in [-0.1, -0.05) is 30.3 Å². The number of aryl methyl sites for hydroxylation is 1. The standard InChI is InChI=1S/C21H28N6O2/c1-16(2)29-14-6-13-22-21(28)12-11-20-25-24-19-10-9-18(26-27(19)20)23-15-17-7-4-3-5-8-17/h3-5,7-10,16H,6,11-15H2,1-2H3,(H,22,28)(H,23,26). The molecule has 8 heteroatoms. The highest BCUT2D eigenvalue weighted by atomic mass is 16.5. The number of ether oxygens (including phenoxy) is 1. The maximum atomic E-state index is 12.1. The van der Waals surface area contributed by atoms with Crippen molar-refractivity contribution in [2.75, 3.05) is 18.5 Å². The molecule has 1 aromatic carbocycles.